The zero-order valence-corrected chi connectivity index (χ0v) is 14.7. The number of nitrogens with one attached hydrogen (secondary N) is 1. The minimum absolute atomic E-state index is 0.0336. The van der Waals surface area contributed by atoms with Crippen LogP contribution in [0.2, 0.25) is 0 Å². The summed E-state index contributed by atoms with van der Waals surface area (Å²) < 4.78 is 1.76. The first-order chi connectivity index (χ1) is 11.1. The van der Waals surface area contributed by atoms with Crippen molar-refractivity contribution in [3.63, 3.8) is 0 Å². The monoisotopic (exact) mass is 346 g/mol. The Bertz CT molecular complexity index is 743. The Hall–Kier alpha value is -1.99. The highest BCUT2D eigenvalue weighted by Crippen LogP contribution is 2.26. The van der Waals surface area contributed by atoms with Gasteiger partial charge >= 0.3 is 0 Å². The van der Waals surface area contributed by atoms with Crippen LogP contribution >= 0.6 is 22.7 Å². The van der Waals surface area contributed by atoms with E-state index in [1.165, 1.54) is 10.4 Å². The van der Waals surface area contributed by atoms with Gasteiger partial charge in [0.1, 0.15) is 11.6 Å². The van der Waals surface area contributed by atoms with Gasteiger partial charge in [0.25, 0.3) is 0 Å². The number of hydrogen-bond donors (Lipinski definition) is 1. The van der Waals surface area contributed by atoms with Gasteiger partial charge in [-0.2, -0.15) is 11.3 Å². The lowest BCUT2D eigenvalue weighted by atomic mass is 10.1. The fourth-order valence-corrected chi connectivity index (χ4v) is 3.93. The Morgan fingerprint density at radius 2 is 2.30 bits per heavy atom. The van der Waals surface area contributed by atoms with Crippen LogP contribution in [0, 0.1) is 13.8 Å². The summed E-state index contributed by atoms with van der Waals surface area (Å²) in [6.07, 6.45) is 5.85. The SMILES string of the molecule is Cc1nc([C@@H](Cc2ccsc2)NC(=O)Cn2ccnc2)sc1C. The third-order valence-electron chi connectivity index (χ3n) is 3.58. The number of carbonyl (C=O) groups excluding carboxylic acids is 1. The molecule has 1 amide bonds. The molecule has 1 N–H and O–H groups in total. The molecule has 0 saturated carbocycles. The normalized spacial score (nSPS) is 12.3. The highest BCUT2D eigenvalue weighted by molar-refractivity contribution is 7.11. The average molecular weight is 346 g/mol. The van der Waals surface area contributed by atoms with Crippen molar-refractivity contribution in [3.05, 3.63) is 56.7 Å². The Balaban J connectivity index is 1.75. The number of rotatable bonds is 6. The molecule has 0 spiro atoms. The molecule has 0 bridgehead atoms. The first-order valence-corrected chi connectivity index (χ1v) is 9.08. The summed E-state index contributed by atoms with van der Waals surface area (Å²) in [4.78, 5) is 22.1. The van der Waals surface area contributed by atoms with Gasteiger partial charge < -0.3 is 9.88 Å². The van der Waals surface area contributed by atoms with Crippen LogP contribution < -0.4 is 5.32 Å². The first kappa shape index (κ1) is 15.9. The third-order valence-corrected chi connectivity index (χ3v) is 5.50. The summed E-state index contributed by atoms with van der Waals surface area (Å²) in [5.41, 5.74) is 2.25. The largest absolute Gasteiger partial charge is 0.345 e. The molecule has 3 heterocycles. The second-order valence-corrected chi connectivity index (χ2v) is 7.40. The van der Waals surface area contributed by atoms with Gasteiger partial charge in [-0.1, -0.05) is 0 Å². The first-order valence-electron chi connectivity index (χ1n) is 7.32. The van der Waals surface area contributed by atoms with Gasteiger partial charge in [-0.15, -0.1) is 11.3 Å². The fourth-order valence-electron chi connectivity index (χ4n) is 2.28. The number of aryl methyl sites for hydroxylation is 2. The van der Waals surface area contributed by atoms with E-state index < -0.39 is 0 Å². The maximum atomic E-state index is 12.3. The fraction of sp³-hybridized carbons (Fsp3) is 0.312. The molecular formula is C16H18N4OS2. The van der Waals surface area contributed by atoms with Crippen molar-refractivity contribution in [2.75, 3.05) is 0 Å². The second kappa shape index (κ2) is 7.06. The van der Waals surface area contributed by atoms with Gasteiger partial charge in [-0.25, -0.2) is 9.97 Å². The molecule has 120 valence electrons. The van der Waals surface area contributed by atoms with Crippen LogP contribution in [0.5, 0.6) is 0 Å². The molecule has 3 aromatic heterocycles. The van der Waals surface area contributed by atoms with Crippen LogP contribution in [0.15, 0.2) is 35.5 Å². The summed E-state index contributed by atoms with van der Waals surface area (Å²) in [5.74, 6) is -0.0336. The Kier molecular flexibility index (Phi) is 4.88. The maximum absolute atomic E-state index is 12.3. The zero-order chi connectivity index (χ0) is 16.2. The van der Waals surface area contributed by atoms with Crippen molar-refractivity contribution in [1.29, 1.82) is 0 Å². The molecule has 0 unspecified atom stereocenters. The highest BCUT2D eigenvalue weighted by atomic mass is 32.1. The summed E-state index contributed by atoms with van der Waals surface area (Å²) in [5, 5.41) is 8.25. The average Bonchev–Trinajstić information content (AvgIpc) is 3.23. The summed E-state index contributed by atoms with van der Waals surface area (Å²) in [7, 11) is 0. The van der Waals surface area contributed by atoms with Crippen LogP contribution in [0.4, 0.5) is 0 Å². The molecular weight excluding hydrogens is 328 g/mol. The van der Waals surface area contributed by atoms with E-state index in [0.717, 1.165) is 17.1 Å². The lowest BCUT2D eigenvalue weighted by Crippen LogP contribution is -2.32. The van der Waals surface area contributed by atoms with Crippen molar-refractivity contribution in [2.45, 2.75) is 32.9 Å². The second-order valence-electron chi connectivity index (χ2n) is 5.38. The summed E-state index contributed by atoms with van der Waals surface area (Å²) in [6.45, 7) is 4.33. The van der Waals surface area contributed by atoms with E-state index in [-0.39, 0.29) is 18.5 Å². The van der Waals surface area contributed by atoms with Crippen molar-refractivity contribution >= 4 is 28.6 Å². The smallest absolute Gasteiger partial charge is 0.240 e. The van der Waals surface area contributed by atoms with E-state index in [0.29, 0.717) is 0 Å². The minimum Gasteiger partial charge on any atom is -0.345 e. The zero-order valence-electron chi connectivity index (χ0n) is 13.0. The Morgan fingerprint density at radius 3 is 2.91 bits per heavy atom. The standard InChI is InChI=1S/C16H18N4OS2/c1-11-12(2)23-16(18-11)14(7-13-3-6-22-9-13)19-15(21)8-20-5-4-17-10-20/h3-6,9-10,14H,7-8H2,1-2H3,(H,19,21)/t14-/m1/s1. The molecule has 3 rings (SSSR count). The Morgan fingerprint density at radius 1 is 1.43 bits per heavy atom. The topological polar surface area (TPSA) is 59.8 Å². The van der Waals surface area contributed by atoms with Crippen LogP contribution in [0.3, 0.4) is 0 Å². The summed E-state index contributed by atoms with van der Waals surface area (Å²) in [6, 6.07) is 1.99. The van der Waals surface area contributed by atoms with Crippen molar-refractivity contribution in [1.82, 2.24) is 19.9 Å². The molecule has 0 fully saturated rings. The van der Waals surface area contributed by atoms with Crippen molar-refractivity contribution in [3.8, 4) is 0 Å². The van der Waals surface area contributed by atoms with Gasteiger partial charge in [0.15, 0.2) is 0 Å². The molecule has 5 nitrogen and oxygen atoms in total. The number of thiophene rings is 1. The predicted molar refractivity (Wildman–Crippen MR) is 92.7 cm³/mol. The van der Waals surface area contributed by atoms with Gasteiger partial charge in [0.05, 0.1) is 18.1 Å². The lowest BCUT2D eigenvalue weighted by molar-refractivity contribution is -0.122. The molecule has 0 aliphatic rings. The van der Waals surface area contributed by atoms with Gasteiger partial charge in [0, 0.05) is 23.7 Å². The molecule has 0 aliphatic carbocycles. The van der Waals surface area contributed by atoms with E-state index in [1.54, 1.807) is 46.0 Å². The van der Waals surface area contributed by atoms with Crippen molar-refractivity contribution < 1.29 is 4.79 Å². The van der Waals surface area contributed by atoms with Crippen molar-refractivity contribution in [2.24, 2.45) is 0 Å². The van der Waals surface area contributed by atoms with E-state index >= 15 is 0 Å². The maximum Gasteiger partial charge on any atom is 0.240 e. The molecule has 3 aromatic rings. The molecule has 0 aliphatic heterocycles. The molecule has 1 atom stereocenters. The van der Waals surface area contributed by atoms with Gasteiger partial charge in [-0.3, -0.25) is 4.79 Å². The van der Waals surface area contributed by atoms with Crippen LogP contribution in [0.1, 0.15) is 27.2 Å². The van der Waals surface area contributed by atoms with Gasteiger partial charge in [-0.05, 0) is 36.2 Å². The number of aromatic nitrogens is 3. The number of hydrogen-bond acceptors (Lipinski definition) is 5. The van der Waals surface area contributed by atoms with Crippen LogP contribution in [0.25, 0.3) is 0 Å². The lowest BCUT2D eigenvalue weighted by Gasteiger charge is -2.16. The minimum atomic E-state index is -0.0991. The quantitative estimate of drug-likeness (QED) is 0.746. The Labute approximate surface area is 143 Å². The van der Waals surface area contributed by atoms with E-state index in [1.807, 2.05) is 6.92 Å². The number of imidazole rings is 1. The van der Waals surface area contributed by atoms with E-state index in [2.05, 4.69) is 39.0 Å². The van der Waals surface area contributed by atoms with E-state index in [4.69, 9.17) is 0 Å². The summed E-state index contributed by atoms with van der Waals surface area (Å²) >= 11 is 3.32. The number of amides is 1. The highest BCUT2D eigenvalue weighted by Gasteiger charge is 2.20. The molecule has 0 radical (unpaired) electrons. The number of carbonyl (C=O) groups is 1. The van der Waals surface area contributed by atoms with Crippen LogP contribution in [-0.4, -0.2) is 20.4 Å². The van der Waals surface area contributed by atoms with Gasteiger partial charge in [0.2, 0.25) is 5.91 Å². The molecule has 7 heteroatoms. The molecule has 0 aromatic carbocycles. The predicted octanol–water partition coefficient (Wildman–Crippen LogP) is 3.12. The van der Waals surface area contributed by atoms with E-state index in [9.17, 15) is 4.79 Å². The molecule has 0 saturated heterocycles. The number of thiazole rings is 1. The molecule has 23 heavy (non-hydrogen) atoms. The van der Waals surface area contributed by atoms with Crippen LogP contribution in [-0.2, 0) is 17.8 Å². The number of nitrogens with zero attached hydrogens (tertiary/aromatic N) is 3. The third kappa shape index (κ3) is 4.05.